The molecule has 1 fully saturated rings. The van der Waals surface area contributed by atoms with Crippen molar-refractivity contribution >= 4 is 28.2 Å². The minimum atomic E-state index is -0.713. The fraction of sp³-hybridized carbons (Fsp3) is 0.188. The second-order valence-corrected chi connectivity index (χ2v) is 9.66. The minimum absolute atomic E-state index is 0.103. The van der Waals surface area contributed by atoms with E-state index in [0.717, 1.165) is 27.5 Å². The maximum absolute atomic E-state index is 13.4. The topological polar surface area (TPSA) is 66.8 Å². The third kappa shape index (κ3) is 4.60. The second kappa shape index (κ2) is 9.94. The fourth-order valence-corrected chi connectivity index (χ4v) is 4.87. The van der Waals surface area contributed by atoms with E-state index in [2.05, 4.69) is 13.8 Å². The molecule has 37 heavy (non-hydrogen) atoms. The maximum Gasteiger partial charge on any atom is 0.295 e. The van der Waals surface area contributed by atoms with Gasteiger partial charge >= 0.3 is 0 Å². The van der Waals surface area contributed by atoms with Crippen molar-refractivity contribution in [2.45, 2.75) is 32.4 Å². The number of Topliss-reactive ketones (excluding diaryl/α,β-unsaturated/α-hetero) is 1. The zero-order valence-electron chi connectivity index (χ0n) is 21.1. The van der Waals surface area contributed by atoms with Crippen LogP contribution in [-0.2, 0) is 16.1 Å². The lowest BCUT2D eigenvalue weighted by molar-refractivity contribution is -0.140. The molecule has 5 rings (SSSR count). The van der Waals surface area contributed by atoms with Gasteiger partial charge in [-0.3, -0.25) is 9.59 Å². The number of fused-ring (bicyclic) bond motifs is 1. The molecule has 1 heterocycles. The Labute approximate surface area is 216 Å². The molecular formula is C32H29NO4. The van der Waals surface area contributed by atoms with Gasteiger partial charge in [0.25, 0.3) is 11.7 Å². The van der Waals surface area contributed by atoms with Crippen molar-refractivity contribution in [3.05, 3.63) is 119 Å². The van der Waals surface area contributed by atoms with Crippen LogP contribution in [-0.4, -0.2) is 28.8 Å². The van der Waals surface area contributed by atoms with E-state index in [4.69, 9.17) is 4.74 Å². The van der Waals surface area contributed by atoms with E-state index in [9.17, 15) is 14.7 Å². The van der Waals surface area contributed by atoms with Crippen LogP contribution in [0, 0.1) is 0 Å². The van der Waals surface area contributed by atoms with Gasteiger partial charge in [-0.2, -0.15) is 0 Å². The molecule has 1 unspecified atom stereocenters. The van der Waals surface area contributed by atoms with Crippen LogP contribution >= 0.6 is 0 Å². The molecule has 186 valence electrons. The number of carbonyl (C=O) groups is 2. The Balaban J connectivity index is 1.63. The number of methoxy groups -OCH3 is 1. The number of ether oxygens (including phenoxy) is 1. The van der Waals surface area contributed by atoms with Crippen molar-refractivity contribution in [1.82, 2.24) is 4.90 Å². The summed E-state index contributed by atoms with van der Waals surface area (Å²) < 4.78 is 5.25. The van der Waals surface area contributed by atoms with Crippen LogP contribution < -0.4 is 4.74 Å². The molecule has 4 aromatic carbocycles. The smallest absolute Gasteiger partial charge is 0.295 e. The molecule has 1 aliphatic heterocycles. The molecule has 0 radical (unpaired) electrons. The van der Waals surface area contributed by atoms with Crippen LogP contribution in [0.3, 0.4) is 0 Å². The van der Waals surface area contributed by atoms with Gasteiger partial charge in [-0.15, -0.1) is 0 Å². The molecule has 4 aromatic rings. The van der Waals surface area contributed by atoms with Gasteiger partial charge in [-0.25, -0.2) is 0 Å². The number of hydrogen-bond donors (Lipinski definition) is 1. The van der Waals surface area contributed by atoms with E-state index >= 15 is 0 Å². The van der Waals surface area contributed by atoms with Crippen LogP contribution in [0.5, 0.6) is 5.75 Å². The monoisotopic (exact) mass is 491 g/mol. The van der Waals surface area contributed by atoms with Crippen LogP contribution in [0.2, 0.25) is 0 Å². The van der Waals surface area contributed by atoms with Crippen molar-refractivity contribution in [1.29, 1.82) is 0 Å². The van der Waals surface area contributed by atoms with E-state index in [1.165, 1.54) is 0 Å². The number of benzene rings is 4. The third-order valence-corrected chi connectivity index (χ3v) is 6.99. The number of likely N-dealkylation sites (tertiary alicyclic amines) is 1. The SMILES string of the molecule is COc1ccc(CN2C(=O)C(=O)/C(=C(\O)c3ccc4ccccc4c3)C2c2ccc(C(C)C)cc2)cc1. The van der Waals surface area contributed by atoms with Gasteiger partial charge in [-0.05, 0) is 51.6 Å². The highest BCUT2D eigenvalue weighted by Crippen LogP contribution is 2.41. The normalized spacial score (nSPS) is 17.1. The van der Waals surface area contributed by atoms with Crippen molar-refractivity contribution < 1.29 is 19.4 Å². The first-order chi connectivity index (χ1) is 17.9. The minimum Gasteiger partial charge on any atom is -0.507 e. The summed E-state index contributed by atoms with van der Waals surface area (Å²) in [5.74, 6) is -0.423. The molecular weight excluding hydrogens is 462 g/mol. The quantitative estimate of drug-likeness (QED) is 0.188. The Morgan fingerprint density at radius 1 is 0.892 bits per heavy atom. The lowest BCUT2D eigenvalue weighted by Gasteiger charge is -2.26. The first-order valence-electron chi connectivity index (χ1n) is 12.4. The molecule has 0 aliphatic carbocycles. The highest BCUT2D eigenvalue weighted by Gasteiger charge is 2.46. The number of rotatable bonds is 6. The van der Waals surface area contributed by atoms with E-state index in [1.807, 2.05) is 84.9 Å². The van der Waals surface area contributed by atoms with Crippen molar-refractivity contribution in [3.8, 4) is 5.75 Å². The van der Waals surface area contributed by atoms with Gasteiger partial charge in [0.1, 0.15) is 11.5 Å². The summed E-state index contributed by atoms with van der Waals surface area (Å²) in [5, 5.41) is 13.4. The number of amides is 1. The summed E-state index contributed by atoms with van der Waals surface area (Å²) >= 11 is 0. The van der Waals surface area contributed by atoms with Gasteiger partial charge in [0.05, 0.1) is 18.7 Å². The standard InChI is InChI=1S/C32H29NO4/c1-20(2)22-10-13-24(14-11-22)29-28(30(34)26-15-12-23-6-4-5-7-25(23)18-26)31(35)32(36)33(29)19-21-8-16-27(37-3)17-9-21/h4-18,20,29,34H,19H2,1-3H3/b30-28-. The van der Waals surface area contributed by atoms with E-state index in [-0.39, 0.29) is 17.9 Å². The Bertz CT molecular complexity index is 1500. The number of ketones is 1. The Kier molecular flexibility index (Phi) is 6.53. The molecule has 1 saturated heterocycles. The maximum atomic E-state index is 13.4. The number of aliphatic hydroxyl groups is 1. The number of carbonyl (C=O) groups excluding carboxylic acids is 2. The second-order valence-electron chi connectivity index (χ2n) is 9.66. The first-order valence-corrected chi connectivity index (χ1v) is 12.4. The number of hydrogen-bond acceptors (Lipinski definition) is 4. The summed E-state index contributed by atoms with van der Waals surface area (Å²) in [7, 11) is 1.60. The molecule has 0 bridgehead atoms. The molecule has 5 heteroatoms. The highest BCUT2D eigenvalue weighted by molar-refractivity contribution is 6.46. The Morgan fingerprint density at radius 3 is 2.22 bits per heavy atom. The fourth-order valence-electron chi connectivity index (χ4n) is 4.87. The molecule has 1 amide bonds. The number of aliphatic hydroxyl groups excluding tert-OH is 1. The highest BCUT2D eigenvalue weighted by atomic mass is 16.5. The molecule has 0 saturated carbocycles. The molecule has 0 spiro atoms. The predicted molar refractivity (Wildman–Crippen MR) is 145 cm³/mol. The number of nitrogens with zero attached hydrogens (tertiary/aromatic N) is 1. The van der Waals surface area contributed by atoms with E-state index < -0.39 is 17.7 Å². The van der Waals surface area contributed by atoms with Gasteiger partial charge < -0.3 is 14.7 Å². The zero-order valence-corrected chi connectivity index (χ0v) is 21.1. The predicted octanol–water partition coefficient (Wildman–Crippen LogP) is 6.59. The van der Waals surface area contributed by atoms with Gasteiger partial charge in [0.2, 0.25) is 0 Å². The molecule has 1 aliphatic rings. The average Bonchev–Trinajstić information content (AvgIpc) is 3.17. The lowest BCUT2D eigenvalue weighted by Crippen LogP contribution is -2.29. The third-order valence-electron chi connectivity index (χ3n) is 6.99. The van der Waals surface area contributed by atoms with Crippen molar-refractivity contribution in [3.63, 3.8) is 0 Å². The summed E-state index contributed by atoms with van der Waals surface area (Å²) in [6, 6.07) is 28.0. The summed E-state index contributed by atoms with van der Waals surface area (Å²) in [6.07, 6.45) is 0. The molecule has 1 N–H and O–H groups in total. The van der Waals surface area contributed by atoms with E-state index in [0.29, 0.717) is 17.2 Å². The summed E-state index contributed by atoms with van der Waals surface area (Å²) in [6.45, 7) is 4.45. The largest absolute Gasteiger partial charge is 0.507 e. The van der Waals surface area contributed by atoms with Gasteiger partial charge in [0, 0.05) is 12.1 Å². The Hall–Kier alpha value is -4.38. The summed E-state index contributed by atoms with van der Waals surface area (Å²) in [5.41, 5.74) is 3.40. The molecule has 0 aromatic heterocycles. The van der Waals surface area contributed by atoms with Crippen LogP contribution in [0.4, 0.5) is 0 Å². The molecule has 5 nitrogen and oxygen atoms in total. The zero-order chi connectivity index (χ0) is 26.1. The van der Waals surface area contributed by atoms with Gasteiger partial charge in [0.15, 0.2) is 0 Å². The van der Waals surface area contributed by atoms with Crippen molar-refractivity contribution in [2.75, 3.05) is 7.11 Å². The summed E-state index contributed by atoms with van der Waals surface area (Å²) in [4.78, 5) is 28.3. The first kappa shape index (κ1) is 24.3. The van der Waals surface area contributed by atoms with Crippen LogP contribution in [0.15, 0.2) is 96.6 Å². The van der Waals surface area contributed by atoms with Crippen molar-refractivity contribution in [2.24, 2.45) is 0 Å². The van der Waals surface area contributed by atoms with Crippen LogP contribution in [0.1, 0.15) is 48.1 Å². The van der Waals surface area contributed by atoms with E-state index in [1.54, 1.807) is 18.1 Å². The molecule has 1 atom stereocenters. The van der Waals surface area contributed by atoms with Gasteiger partial charge in [-0.1, -0.05) is 86.6 Å². The lowest BCUT2D eigenvalue weighted by atomic mass is 9.92. The average molecular weight is 492 g/mol. The van der Waals surface area contributed by atoms with Crippen LogP contribution in [0.25, 0.3) is 16.5 Å². The Morgan fingerprint density at radius 2 is 1.57 bits per heavy atom.